The molecule has 0 aliphatic heterocycles. The first kappa shape index (κ1) is 8.36. The van der Waals surface area contributed by atoms with Crippen LogP contribution in [0.5, 0.6) is 0 Å². The van der Waals surface area contributed by atoms with E-state index < -0.39 is 0 Å². The van der Waals surface area contributed by atoms with Crippen molar-refractivity contribution in [3.63, 3.8) is 0 Å². The van der Waals surface area contributed by atoms with Gasteiger partial charge in [-0.05, 0) is 0 Å². The molecule has 0 aliphatic rings. The minimum absolute atomic E-state index is 1.01. The predicted octanol–water partition coefficient (Wildman–Crippen LogP) is 1.02. The third kappa shape index (κ3) is 1.87. The second kappa shape index (κ2) is 4.20. The van der Waals surface area contributed by atoms with Crippen molar-refractivity contribution in [2.24, 2.45) is 0 Å². The van der Waals surface area contributed by atoms with Crippen molar-refractivity contribution in [3.8, 4) is 0 Å². The quantitative estimate of drug-likeness (QED) is 0.698. The van der Waals surface area contributed by atoms with E-state index in [4.69, 9.17) is 0 Å². The van der Waals surface area contributed by atoms with Crippen LogP contribution in [0.15, 0.2) is 24.3 Å². The molecule has 0 amide bonds. The molecule has 0 fully saturated rings. The molecule has 0 heterocycles. The van der Waals surface area contributed by atoms with Gasteiger partial charge < -0.3 is 0 Å². The third-order valence-corrected chi connectivity index (χ3v) is 2.73. The Balaban J connectivity index is 2.96. The second-order valence-corrected chi connectivity index (χ2v) is 3.27. The first-order valence-electron chi connectivity index (χ1n) is 3.11. The molecule has 0 N–H and O–H groups in total. The summed E-state index contributed by atoms with van der Waals surface area (Å²) in [4.78, 5) is 0. The van der Waals surface area contributed by atoms with Crippen LogP contribution in [0.1, 0.15) is 11.1 Å². The Morgan fingerprint density at radius 3 is 1.60 bits per heavy atom. The molecule has 0 bridgehead atoms. The Bertz CT molecular complexity index is 185. The molecule has 0 saturated heterocycles. The minimum atomic E-state index is 1.01. The normalized spacial score (nSPS) is 9.80. The molecule has 1 rings (SSSR count). The standard InChI is InChI=1S/C8H8Se2/c9-5-7-3-1-2-4-8(7)6-10/h1-4H,5-6H2. The van der Waals surface area contributed by atoms with Gasteiger partial charge in [0, 0.05) is 0 Å². The van der Waals surface area contributed by atoms with Crippen LogP contribution in [-0.2, 0) is 10.6 Å². The zero-order valence-electron chi connectivity index (χ0n) is 5.54. The third-order valence-electron chi connectivity index (χ3n) is 1.43. The average Bonchev–Trinajstić information content (AvgIpc) is 2.04. The summed E-state index contributed by atoms with van der Waals surface area (Å²) < 4.78 is 0. The fourth-order valence-corrected chi connectivity index (χ4v) is 2.02. The van der Waals surface area contributed by atoms with Gasteiger partial charge in [-0.3, -0.25) is 0 Å². The summed E-state index contributed by atoms with van der Waals surface area (Å²) in [5.41, 5.74) is 2.81. The zero-order chi connectivity index (χ0) is 7.40. The van der Waals surface area contributed by atoms with E-state index >= 15 is 0 Å². The van der Waals surface area contributed by atoms with Crippen molar-refractivity contribution in [2.75, 3.05) is 0 Å². The van der Waals surface area contributed by atoms with Gasteiger partial charge >= 0.3 is 78.1 Å². The number of hydrogen-bond donors (Lipinski definition) is 0. The SMILES string of the molecule is [Se]Cc1ccccc1C[Se]. The summed E-state index contributed by atoms with van der Waals surface area (Å²) in [6.45, 7) is 0. The molecule has 0 aliphatic carbocycles. The average molecular weight is 262 g/mol. The van der Waals surface area contributed by atoms with Gasteiger partial charge in [0.25, 0.3) is 0 Å². The molecular weight excluding hydrogens is 254 g/mol. The zero-order valence-corrected chi connectivity index (χ0v) is 8.97. The molecule has 2 heteroatoms. The van der Waals surface area contributed by atoms with E-state index in [1.807, 2.05) is 0 Å². The number of benzene rings is 1. The van der Waals surface area contributed by atoms with E-state index in [0.29, 0.717) is 0 Å². The Labute approximate surface area is 78.0 Å². The van der Waals surface area contributed by atoms with Crippen molar-refractivity contribution in [1.29, 1.82) is 0 Å². The molecule has 1 aromatic carbocycles. The van der Waals surface area contributed by atoms with Gasteiger partial charge in [0.1, 0.15) is 0 Å². The van der Waals surface area contributed by atoms with Gasteiger partial charge in [0.05, 0.1) is 0 Å². The van der Waals surface area contributed by atoms with Gasteiger partial charge in [0.2, 0.25) is 0 Å². The first-order valence-corrected chi connectivity index (χ1v) is 5.53. The summed E-state index contributed by atoms with van der Waals surface area (Å²) in [7, 11) is 0. The Morgan fingerprint density at radius 2 is 1.30 bits per heavy atom. The predicted molar refractivity (Wildman–Crippen MR) is 45.4 cm³/mol. The van der Waals surface area contributed by atoms with Gasteiger partial charge in [-0.1, -0.05) is 0 Å². The molecule has 0 atom stereocenters. The van der Waals surface area contributed by atoms with Crippen LogP contribution >= 0.6 is 0 Å². The van der Waals surface area contributed by atoms with Gasteiger partial charge in [-0.25, -0.2) is 0 Å². The molecule has 52 valence electrons. The van der Waals surface area contributed by atoms with Crippen LogP contribution in [0.4, 0.5) is 0 Å². The molecule has 0 nitrogen and oxygen atoms in total. The van der Waals surface area contributed by atoms with Crippen LogP contribution in [0.2, 0.25) is 0 Å². The molecular formula is C8H8Se2. The van der Waals surface area contributed by atoms with E-state index in [9.17, 15) is 0 Å². The fourth-order valence-electron chi connectivity index (χ4n) is 0.839. The van der Waals surface area contributed by atoms with E-state index in [2.05, 4.69) is 56.3 Å². The van der Waals surface area contributed by atoms with Crippen LogP contribution in [0, 0.1) is 0 Å². The molecule has 1 aromatic rings. The molecule has 2 radical (unpaired) electrons. The van der Waals surface area contributed by atoms with Crippen molar-refractivity contribution in [1.82, 2.24) is 0 Å². The maximum absolute atomic E-state index is 3.02. The van der Waals surface area contributed by atoms with E-state index in [-0.39, 0.29) is 0 Å². The summed E-state index contributed by atoms with van der Waals surface area (Å²) in [6, 6.07) is 8.46. The Morgan fingerprint density at radius 1 is 0.900 bits per heavy atom. The second-order valence-electron chi connectivity index (χ2n) is 2.06. The summed E-state index contributed by atoms with van der Waals surface area (Å²) >= 11 is 6.04. The summed E-state index contributed by atoms with van der Waals surface area (Å²) in [5.74, 6) is 0. The molecule has 0 aromatic heterocycles. The molecule has 0 saturated carbocycles. The van der Waals surface area contributed by atoms with Crippen LogP contribution in [0.3, 0.4) is 0 Å². The molecule has 0 spiro atoms. The summed E-state index contributed by atoms with van der Waals surface area (Å²) in [6.07, 6.45) is 0. The monoisotopic (exact) mass is 264 g/mol. The topological polar surface area (TPSA) is 0 Å². The molecule has 0 unspecified atom stereocenters. The van der Waals surface area contributed by atoms with Crippen molar-refractivity contribution < 1.29 is 0 Å². The van der Waals surface area contributed by atoms with E-state index in [1.165, 1.54) is 11.1 Å². The fraction of sp³-hybridized carbons (Fsp3) is 0.250. The van der Waals surface area contributed by atoms with Crippen molar-refractivity contribution in [3.05, 3.63) is 35.4 Å². The van der Waals surface area contributed by atoms with Crippen molar-refractivity contribution in [2.45, 2.75) is 10.6 Å². The maximum atomic E-state index is 3.02. The number of rotatable bonds is 2. The Kier molecular flexibility index (Phi) is 3.51. The first-order chi connectivity index (χ1) is 4.88. The van der Waals surface area contributed by atoms with E-state index in [0.717, 1.165) is 10.6 Å². The Hall–Kier alpha value is 0.259. The van der Waals surface area contributed by atoms with Crippen LogP contribution < -0.4 is 0 Å². The van der Waals surface area contributed by atoms with Crippen molar-refractivity contribution >= 4 is 32.0 Å². The van der Waals surface area contributed by atoms with E-state index in [1.54, 1.807) is 0 Å². The van der Waals surface area contributed by atoms with Gasteiger partial charge in [-0.15, -0.1) is 0 Å². The summed E-state index contributed by atoms with van der Waals surface area (Å²) in [5, 5.41) is 2.02. The van der Waals surface area contributed by atoms with Gasteiger partial charge in [-0.2, -0.15) is 0 Å². The van der Waals surface area contributed by atoms with Gasteiger partial charge in [0.15, 0.2) is 0 Å². The molecule has 10 heavy (non-hydrogen) atoms. The number of hydrogen-bond acceptors (Lipinski definition) is 0. The van der Waals surface area contributed by atoms with Crippen LogP contribution in [0.25, 0.3) is 0 Å². The van der Waals surface area contributed by atoms with Crippen LogP contribution in [-0.4, -0.2) is 32.0 Å².